The molecular weight excluding hydrogens is 582 g/mol. The minimum absolute atomic E-state index is 0.0195. The zero-order valence-electron chi connectivity index (χ0n) is 23.0. The highest BCUT2D eigenvalue weighted by molar-refractivity contribution is 6.06. The van der Waals surface area contributed by atoms with Gasteiger partial charge in [0.15, 0.2) is 0 Å². The van der Waals surface area contributed by atoms with Gasteiger partial charge in [0.05, 0.1) is 11.3 Å². The third-order valence-corrected chi connectivity index (χ3v) is 6.13. The molecule has 0 saturated heterocycles. The average molecular weight is 611 g/mol. The molecule has 2 aromatic carbocycles. The van der Waals surface area contributed by atoms with Gasteiger partial charge in [0.25, 0.3) is 5.91 Å². The lowest BCUT2D eigenvalue weighted by molar-refractivity contribution is -0.192. The van der Waals surface area contributed by atoms with Crippen LogP contribution in [0.15, 0.2) is 66.9 Å². The van der Waals surface area contributed by atoms with Crippen molar-refractivity contribution >= 4 is 28.5 Å². The van der Waals surface area contributed by atoms with Crippen LogP contribution in [0.3, 0.4) is 0 Å². The first-order valence-electron chi connectivity index (χ1n) is 12.9. The smallest absolute Gasteiger partial charge is 0.487 e. The van der Waals surface area contributed by atoms with Gasteiger partial charge in [-0.3, -0.25) is 14.7 Å². The van der Waals surface area contributed by atoms with Crippen LogP contribution >= 0.6 is 0 Å². The fourth-order valence-electron chi connectivity index (χ4n) is 3.75. The highest BCUT2D eigenvalue weighted by Gasteiger charge is 2.38. The maximum atomic E-state index is 12.8. The second kappa shape index (κ2) is 14.1. The Morgan fingerprint density at radius 1 is 0.953 bits per heavy atom. The SMILES string of the molecule is CCN(CC)Cc1ccc(NC(=O)c2cc3cc(OCc4ccc(C(F)(F)F)cn4)ccc3[nH]2)cc1.O=C(O)C(F)(F)F. The Balaban J connectivity index is 0.000000646. The number of halogens is 6. The zero-order chi connectivity index (χ0) is 31.8. The summed E-state index contributed by atoms with van der Waals surface area (Å²) in [4.78, 5) is 30.9. The number of benzene rings is 2. The minimum atomic E-state index is -5.08. The number of hydrogen-bond donors (Lipinski definition) is 3. The molecule has 8 nitrogen and oxygen atoms in total. The van der Waals surface area contributed by atoms with Gasteiger partial charge in [-0.25, -0.2) is 4.79 Å². The summed E-state index contributed by atoms with van der Waals surface area (Å²) in [5.74, 6) is -2.51. The number of carboxylic acids is 1. The second-order valence-electron chi connectivity index (χ2n) is 9.17. The molecule has 1 amide bonds. The van der Waals surface area contributed by atoms with Crippen LogP contribution in [0.5, 0.6) is 5.75 Å². The van der Waals surface area contributed by atoms with Gasteiger partial charge in [-0.1, -0.05) is 26.0 Å². The summed E-state index contributed by atoms with van der Waals surface area (Å²) in [6.45, 7) is 7.10. The molecule has 0 radical (unpaired) electrons. The number of ether oxygens (including phenoxy) is 1. The first-order chi connectivity index (χ1) is 20.2. The van der Waals surface area contributed by atoms with Gasteiger partial charge in [0, 0.05) is 29.3 Å². The van der Waals surface area contributed by atoms with Gasteiger partial charge >= 0.3 is 18.3 Å². The van der Waals surface area contributed by atoms with Crippen molar-refractivity contribution in [1.82, 2.24) is 14.9 Å². The largest absolute Gasteiger partial charge is 0.490 e. The Kier molecular flexibility index (Phi) is 10.8. The van der Waals surface area contributed by atoms with E-state index in [4.69, 9.17) is 14.6 Å². The number of amides is 1. The first kappa shape index (κ1) is 32.9. The van der Waals surface area contributed by atoms with Crippen LogP contribution in [-0.4, -0.2) is 51.1 Å². The molecule has 0 aliphatic heterocycles. The molecule has 4 rings (SSSR count). The summed E-state index contributed by atoms with van der Waals surface area (Å²) in [5.41, 5.74) is 2.62. The maximum Gasteiger partial charge on any atom is 0.490 e. The van der Waals surface area contributed by atoms with Gasteiger partial charge in [-0.2, -0.15) is 26.3 Å². The van der Waals surface area contributed by atoms with Crippen molar-refractivity contribution in [2.24, 2.45) is 0 Å². The Morgan fingerprint density at radius 2 is 1.60 bits per heavy atom. The van der Waals surface area contributed by atoms with Gasteiger partial charge in [-0.05, 0) is 67.2 Å². The van der Waals surface area contributed by atoms with Crippen molar-refractivity contribution in [2.75, 3.05) is 18.4 Å². The van der Waals surface area contributed by atoms with E-state index >= 15 is 0 Å². The molecule has 4 aromatic rings. The van der Waals surface area contributed by atoms with Crippen LogP contribution in [0.4, 0.5) is 32.0 Å². The van der Waals surface area contributed by atoms with E-state index in [1.54, 1.807) is 24.3 Å². The number of alkyl halides is 6. The first-order valence-corrected chi connectivity index (χ1v) is 12.9. The fourth-order valence-corrected chi connectivity index (χ4v) is 3.75. The van der Waals surface area contributed by atoms with Crippen LogP contribution in [0.2, 0.25) is 0 Å². The van der Waals surface area contributed by atoms with Crippen LogP contribution in [-0.2, 0) is 24.1 Å². The van der Waals surface area contributed by atoms with Gasteiger partial charge in [0.2, 0.25) is 0 Å². The zero-order valence-corrected chi connectivity index (χ0v) is 23.0. The average Bonchev–Trinajstić information content (AvgIpc) is 3.39. The molecule has 0 aliphatic rings. The molecule has 0 unspecified atom stereocenters. The van der Waals surface area contributed by atoms with E-state index in [1.165, 1.54) is 11.6 Å². The molecule has 0 saturated carbocycles. The van der Waals surface area contributed by atoms with Crippen LogP contribution in [0, 0.1) is 0 Å². The number of carbonyl (C=O) groups is 2. The number of hydrogen-bond acceptors (Lipinski definition) is 5. The number of fused-ring (bicyclic) bond motifs is 1. The number of carboxylic acid groups (broad SMARTS) is 1. The fraction of sp³-hybridized carbons (Fsp3) is 0.276. The summed E-state index contributed by atoms with van der Waals surface area (Å²) in [6, 6.07) is 17.0. The monoisotopic (exact) mass is 610 g/mol. The lowest BCUT2D eigenvalue weighted by Crippen LogP contribution is -2.22. The summed E-state index contributed by atoms with van der Waals surface area (Å²) < 4.78 is 75.5. The molecule has 230 valence electrons. The molecule has 14 heteroatoms. The summed E-state index contributed by atoms with van der Waals surface area (Å²) >= 11 is 0. The van der Waals surface area contributed by atoms with E-state index in [2.05, 4.69) is 34.0 Å². The Morgan fingerprint density at radius 3 is 2.14 bits per heavy atom. The second-order valence-corrected chi connectivity index (χ2v) is 9.17. The number of nitrogens with one attached hydrogen (secondary N) is 2. The van der Waals surface area contributed by atoms with E-state index < -0.39 is 23.9 Å². The molecule has 0 aliphatic carbocycles. The van der Waals surface area contributed by atoms with Crippen LogP contribution in [0.1, 0.15) is 41.2 Å². The molecule has 0 bridgehead atoms. The van der Waals surface area contributed by atoms with Gasteiger partial charge < -0.3 is 20.1 Å². The predicted octanol–water partition coefficient (Wildman–Crippen LogP) is 6.89. The highest BCUT2D eigenvalue weighted by atomic mass is 19.4. The van der Waals surface area contributed by atoms with E-state index in [9.17, 15) is 31.1 Å². The van der Waals surface area contributed by atoms with Crippen molar-refractivity contribution in [3.8, 4) is 5.75 Å². The van der Waals surface area contributed by atoms with E-state index in [0.29, 0.717) is 22.8 Å². The van der Waals surface area contributed by atoms with Crippen molar-refractivity contribution in [3.05, 3.63) is 89.4 Å². The molecule has 0 spiro atoms. The van der Waals surface area contributed by atoms with Crippen molar-refractivity contribution in [2.45, 2.75) is 39.4 Å². The number of carbonyl (C=O) groups excluding carboxylic acids is 1. The molecule has 43 heavy (non-hydrogen) atoms. The van der Waals surface area contributed by atoms with Gasteiger partial charge in [-0.15, -0.1) is 0 Å². The number of nitrogens with zero attached hydrogens (tertiary/aromatic N) is 2. The van der Waals surface area contributed by atoms with Crippen molar-refractivity contribution in [1.29, 1.82) is 0 Å². The van der Waals surface area contributed by atoms with Crippen molar-refractivity contribution < 1.29 is 45.8 Å². The van der Waals surface area contributed by atoms with Gasteiger partial charge in [0.1, 0.15) is 18.1 Å². The third-order valence-electron chi connectivity index (χ3n) is 6.13. The predicted molar refractivity (Wildman–Crippen MR) is 147 cm³/mol. The van der Waals surface area contributed by atoms with E-state index in [1.807, 2.05) is 24.3 Å². The number of anilines is 1. The molecule has 3 N–H and O–H groups in total. The lowest BCUT2D eigenvalue weighted by Gasteiger charge is -2.18. The Labute approximate surface area is 242 Å². The Bertz CT molecular complexity index is 1510. The third kappa shape index (κ3) is 9.74. The lowest BCUT2D eigenvalue weighted by atomic mass is 10.2. The number of aromatic amines is 1. The minimum Gasteiger partial charge on any atom is -0.487 e. The topological polar surface area (TPSA) is 108 Å². The Hall–Kier alpha value is -4.59. The number of aromatic nitrogens is 2. The van der Waals surface area contributed by atoms with E-state index in [-0.39, 0.29) is 12.5 Å². The normalized spacial score (nSPS) is 11.7. The molecule has 2 heterocycles. The summed E-state index contributed by atoms with van der Waals surface area (Å²) in [7, 11) is 0. The summed E-state index contributed by atoms with van der Waals surface area (Å²) in [5, 5.41) is 10.8. The standard InChI is InChI=1S/C27H27F3N4O2.C2HF3O2/c1-3-34(4-2)16-18-5-8-21(9-6-18)32-26(35)25-14-19-13-23(11-12-24(19)33-25)36-17-22-10-7-20(15-31-22)27(28,29)30;3-2(4,5)1(6)7/h5-15,33H,3-4,16-17H2,1-2H3,(H,32,35);(H,6,7). The maximum absolute atomic E-state index is 12.8. The molecular formula is C29H28F6N4O4. The molecule has 2 aromatic heterocycles. The summed E-state index contributed by atoms with van der Waals surface area (Å²) in [6.07, 6.45) is -8.72. The number of pyridine rings is 1. The quantitative estimate of drug-likeness (QED) is 0.178. The number of rotatable bonds is 9. The number of H-pyrrole nitrogens is 1. The van der Waals surface area contributed by atoms with Crippen molar-refractivity contribution in [3.63, 3.8) is 0 Å². The molecule has 0 atom stereocenters. The van der Waals surface area contributed by atoms with E-state index in [0.717, 1.165) is 42.8 Å². The highest BCUT2D eigenvalue weighted by Crippen LogP contribution is 2.29. The molecule has 0 fully saturated rings. The van der Waals surface area contributed by atoms with Crippen LogP contribution in [0.25, 0.3) is 10.9 Å². The van der Waals surface area contributed by atoms with Crippen LogP contribution < -0.4 is 10.1 Å². The number of aliphatic carboxylic acids is 1.